The average molecular weight is 301 g/mol. The van der Waals surface area contributed by atoms with Crippen molar-refractivity contribution in [2.24, 2.45) is 0 Å². The molecule has 104 valence electrons. The van der Waals surface area contributed by atoms with Crippen molar-refractivity contribution in [1.82, 2.24) is 19.4 Å². The van der Waals surface area contributed by atoms with Crippen LogP contribution in [0.4, 0.5) is 0 Å². The van der Waals surface area contributed by atoms with Gasteiger partial charge in [-0.2, -0.15) is 0 Å². The minimum absolute atomic E-state index is 0.0181. The Kier molecular flexibility index (Phi) is 4.04. The van der Waals surface area contributed by atoms with Crippen LogP contribution in [0.2, 0.25) is 5.02 Å². The van der Waals surface area contributed by atoms with Gasteiger partial charge in [-0.05, 0) is 34.0 Å². The molecule has 6 heteroatoms. The van der Waals surface area contributed by atoms with Crippen LogP contribution in [-0.4, -0.2) is 39.1 Å². The molecule has 2 aromatic rings. The quantitative estimate of drug-likeness (QED) is 0.813. The van der Waals surface area contributed by atoms with E-state index in [1.165, 1.54) is 0 Å². The van der Waals surface area contributed by atoms with Crippen LogP contribution in [-0.2, 0) is 12.4 Å². The molecule has 0 aliphatic heterocycles. The fourth-order valence-corrected chi connectivity index (χ4v) is 2.19. The van der Waals surface area contributed by atoms with E-state index >= 15 is 0 Å². The van der Waals surface area contributed by atoms with Crippen LogP contribution in [0.5, 0.6) is 0 Å². The molecule has 4 nitrogen and oxygen atoms in total. The minimum Gasteiger partial charge on any atom is -0.310 e. The van der Waals surface area contributed by atoms with Crippen LogP contribution < -0.4 is 0 Å². The third kappa shape index (κ3) is 2.86. The molecule has 0 bridgehead atoms. The lowest BCUT2D eigenvalue weighted by Gasteiger charge is -2.33. The first kappa shape index (κ1) is 14.6. The van der Waals surface area contributed by atoms with Crippen LogP contribution >= 0.6 is 23.2 Å². The number of hydrogen-bond donors (Lipinski definition) is 0. The van der Waals surface area contributed by atoms with Gasteiger partial charge in [0.1, 0.15) is 11.3 Å². The molecule has 2 heterocycles. The van der Waals surface area contributed by atoms with E-state index in [1.807, 2.05) is 6.07 Å². The second-order valence-electron chi connectivity index (χ2n) is 5.45. The molecule has 0 N–H and O–H groups in total. The maximum atomic E-state index is 5.99. The summed E-state index contributed by atoms with van der Waals surface area (Å²) in [7, 11) is 4.12. The van der Waals surface area contributed by atoms with Crippen molar-refractivity contribution >= 4 is 34.4 Å². The molecular formula is C13H18Cl2N4. The molecule has 0 amide bonds. The molecule has 0 saturated heterocycles. The molecule has 0 spiro atoms. The molecule has 0 fully saturated rings. The Morgan fingerprint density at radius 2 is 2.05 bits per heavy atom. The Hall–Kier alpha value is -0.840. The summed E-state index contributed by atoms with van der Waals surface area (Å²) in [5.74, 6) is 1.18. The van der Waals surface area contributed by atoms with Gasteiger partial charge < -0.3 is 9.47 Å². The molecular weight excluding hydrogens is 283 g/mol. The summed E-state index contributed by atoms with van der Waals surface area (Å²) >= 11 is 11.9. The van der Waals surface area contributed by atoms with Crippen molar-refractivity contribution in [3.63, 3.8) is 0 Å². The molecule has 0 aliphatic carbocycles. The second kappa shape index (κ2) is 5.27. The maximum absolute atomic E-state index is 5.99. The van der Waals surface area contributed by atoms with Gasteiger partial charge in [0.2, 0.25) is 0 Å². The Balaban J connectivity index is 2.52. The third-order valence-corrected chi connectivity index (χ3v) is 3.95. The molecule has 2 aromatic heterocycles. The Morgan fingerprint density at radius 1 is 1.37 bits per heavy atom. The normalized spacial score (nSPS) is 12.6. The van der Waals surface area contributed by atoms with E-state index in [1.54, 1.807) is 6.20 Å². The zero-order valence-corrected chi connectivity index (χ0v) is 13.1. The van der Waals surface area contributed by atoms with E-state index in [2.05, 4.69) is 47.4 Å². The number of aromatic nitrogens is 3. The lowest BCUT2D eigenvalue weighted by Crippen LogP contribution is -2.42. The van der Waals surface area contributed by atoms with Gasteiger partial charge >= 0.3 is 0 Å². The van der Waals surface area contributed by atoms with Gasteiger partial charge in [0.15, 0.2) is 5.65 Å². The third-order valence-electron chi connectivity index (χ3n) is 3.51. The fraction of sp³-hybridized carbons (Fsp3) is 0.538. The van der Waals surface area contributed by atoms with Gasteiger partial charge in [0.05, 0.1) is 10.9 Å². The SMILES string of the molecule is CN(C)C(C)(C)Cn1c(CCl)nc2cc(Cl)cnc21. The number of halogens is 2. The van der Waals surface area contributed by atoms with Crippen LogP contribution in [0.1, 0.15) is 19.7 Å². The van der Waals surface area contributed by atoms with Gasteiger partial charge in [0, 0.05) is 18.3 Å². The molecule has 0 saturated carbocycles. The van der Waals surface area contributed by atoms with Gasteiger partial charge in [-0.25, -0.2) is 9.97 Å². The van der Waals surface area contributed by atoms with Crippen molar-refractivity contribution in [3.8, 4) is 0 Å². The standard InChI is InChI=1S/C13H18Cl2N4/c1-13(2,18(3)4)8-19-11(6-14)17-10-5-9(15)7-16-12(10)19/h5,7H,6,8H2,1-4H3. The van der Waals surface area contributed by atoms with Crippen molar-refractivity contribution in [2.45, 2.75) is 31.8 Å². The highest BCUT2D eigenvalue weighted by Gasteiger charge is 2.24. The summed E-state index contributed by atoms with van der Waals surface area (Å²) in [4.78, 5) is 11.1. The lowest BCUT2D eigenvalue weighted by atomic mass is 10.0. The number of imidazole rings is 1. The van der Waals surface area contributed by atoms with Crippen molar-refractivity contribution in [2.75, 3.05) is 14.1 Å². The summed E-state index contributed by atoms with van der Waals surface area (Å²) in [6.07, 6.45) is 1.64. The van der Waals surface area contributed by atoms with E-state index in [4.69, 9.17) is 23.2 Å². The predicted octanol–water partition coefficient (Wildman–Crippen LogP) is 3.16. The summed E-state index contributed by atoms with van der Waals surface area (Å²) in [6, 6.07) is 1.82. The average Bonchev–Trinajstić information content (AvgIpc) is 2.65. The van der Waals surface area contributed by atoms with Crippen LogP contribution in [0.15, 0.2) is 12.3 Å². The highest BCUT2D eigenvalue weighted by molar-refractivity contribution is 6.31. The Labute approximate surface area is 123 Å². The van der Waals surface area contributed by atoms with E-state index in [9.17, 15) is 0 Å². The van der Waals surface area contributed by atoms with E-state index < -0.39 is 0 Å². The second-order valence-corrected chi connectivity index (χ2v) is 6.15. The van der Waals surface area contributed by atoms with E-state index in [0.29, 0.717) is 10.9 Å². The van der Waals surface area contributed by atoms with Crippen molar-refractivity contribution in [1.29, 1.82) is 0 Å². The zero-order valence-electron chi connectivity index (χ0n) is 11.6. The monoisotopic (exact) mass is 300 g/mol. The minimum atomic E-state index is -0.0181. The van der Waals surface area contributed by atoms with Crippen LogP contribution in [0, 0.1) is 0 Å². The Bertz CT molecular complexity index is 590. The van der Waals surface area contributed by atoms with Crippen molar-refractivity contribution in [3.05, 3.63) is 23.1 Å². The van der Waals surface area contributed by atoms with Crippen molar-refractivity contribution < 1.29 is 0 Å². The topological polar surface area (TPSA) is 34.0 Å². The molecule has 0 aliphatic rings. The summed E-state index contributed by atoms with van der Waals surface area (Å²) in [5, 5.41) is 0.588. The maximum Gasteiger partial charge on any atom is 0.160 e. The number of nitrogens with zero attached hydrogens (tertiary/aromatic N) is 4. The lowest BCUT2D eigenvalue weighted by molar-refractivity contribution is 0.170. The van der Waals surface area contributed by atoms with Gasteiger partial charge in [0.25, 0.3) is 0 Å². The molecule has 0 radical (unpaired) electrons. The number of likely N-dealkylation sites (N-methyl/N-ethyl adjacent to an activating group) is 1. The molecule has 0 aromatic carbocycles. The van der Waals surface area contributed by atoms with Crippen LogP contribution in [0.25, 0.3) is 11.2 Å². The number of fused-ring (bicyclic) bond motifs is 1. The molecule has 2 rings (SSSR count). The first-order chi connectivity index (χ1) is 8.85. The Morgan fingerprint density at radius 3 is 2.63 bits per heavy atom. The highest BCUT2D eigenvalue weighted by atomic mass is 35.5. The largest absolute Gasteiger partial charge is 0.310 e. The van der Waals surface area contributed by atoms with E-state index in [-0.39, 0.29) is 5.54 Å². The predicted molar refractivity (Wildman–Crippen MR) is 79.9 cm³/mol. The fourth-order valence-electron chi connectivity index (χ4n) is 1.83. The number of hydrogen-bond acceptors (Lipinski definition) is 3. The smallest absolute Gasteiger partial charge is 0.160 e. The summed E-state index contributed by atoms with van der Waals surface area (Å²) < 4.78 is 2.07. The first-order valence-corrected chi connectivity index (χ1v) is 7.00. The molecule has 0 atom stereocenters. The number of pyridine rings is 1. The van der Waals surface area contributed by atoms with Crippen LogP contribution in [0.3, 0.4) is 0 Å². The van der Waals surface area contributed by atoms with Gasteiger partial charge in [-0.1, -0.05) is 11.6 Å². The number of alkyl halides is 1. The molecule has 19 heavy (non-hydrogen) atoms. The van der Waals surface area contributed by atoms with Gasteiger partial charge in [-0.15, -0.1) is 11.6 Å². The molecule has 0 unspecified atom stereocenters. The van der Waals surface area contributed by atoms with Gasteiger partial charge in [-0.3, -0.25) is 0 Å². The first-order valence-electron chi connectivity index (χ1n) is 6.09. The zero-order chi connectivity index (χ0) is 14.2. The summed E-state index contributed by atoms with van der Waals surface area (Å²) in [5.41, 5.74) is 1.60. The number of rotatable bonds is 4. The highest BCUT2D eigenvalue weighted by Crippen LogP contribution is 2.23. The van der Waals surface area contributed by atoms with E-state index in [0.717, 1.165) is 23.5 Å². The summed E-state index contributed by atoms with van der Waals surface area (Å²) in [6.45, 7) is 5.12.